The molecule has 0 radical (unpaired) electrons. The summed E-state index contributed by atoms with van der Waals surface area (Å²) in [6, 6.07) is 0. The SMILES string of the molecule is CC/C=C\C/C=C\C/C=C\C/C=C\CCCCCCCCC(=O)OCC(COP(=O)(O)OCC(O)COP(=O)(O)OCC(COC(=O)CCCCCCC/C=C\C/C=C\C/C=C\CC)OC(=O)CCCCCCC/C=C\C/C=C\CCCCC)OC(=O)CCCCCCC/C=C\CCCCCC. The average Bonchev–Trinajstić information content (AvgIpc) is 0.908. The lowest BCUT2D eigenvalue weighted by Gasteiger charge is -2.21. The maximum atomic E-state index is 13.1. The van der Waals surface area contributed by atoms with E-state index in [9.17, 15) is 43.2 Å². The van der Waals surface area contributed by atoms with Crippen LogP contribution in [0.15, 0.2) is 122 Å². The van der Waals surface area contributed by atoms with Gasteiger partial charge >= 0.3 is 39.5 Å². The lowest BCUT2D eigenvalue weighted by Crippen LogP contribution is -2.30. The van der Waals surface area contributed by atoms with Crippen molar-refractivity contribution in [2.45, 2.75) is 341 Å². The zero-order valence-corrected chi connectivity index (χ0v) is 65.8. The second kappa shape index (κ2) is 74.7. The molecule has 0 aromatic rings. The number of aliphatic hydroxyl groups excluding tert-OH is 1. The molecule has 586 valence electrons. The molecule has 0 bridgehead atoms. The van der Waals surface area contributed by atoms with Crippen molar-refractivity contribution in [1.29, 1.82) is 0 Å². The average molecular weight is 1470 g/mol. The minimum atomic E-state index is -4.99. The van der Waals surface area contributed by atoms with Crippen LogP contribution in [0.1, 0.15) is 323 Å². The summed E-state index contributed by atoms with van der Waals surface area (Å²) in [6.07, 6.45) is 81.7. The highest BCUT2D eigenvalue weighted by molar-refractivity contribution is 7.47. The Morgan fingerprint density at radius 3 is 0.814 bits per heavy atom. The molecule has 0 aliphatic heterocycles. The van der Waals surface area contributed by atoms with E-state index < -0.39 is 97.5 Å². The smallest absolute Gasteiger partial charge is 0.462 e. The van der Waals surface area contributed by atoms with E-state index in [-0.39, 0.29) is 25.7 Å². The van der Waals surface area contributed by atoms with Crippen LogP contribution in [-0.4, -0.2) is 96.7 Å². The van der Waals surface area contributed by atoms with Gasteiger partial charge in [0.2, 0.25) is 0 Å². The molecule has 5 atom stereocenters. The Morgan fingerprint density at radius 1 is 0.284 bits per heavy atom. The fourth-order valence-corrected chi connectivity index (χ4v) is 11.9. The molecule has 0 saturated heterocycles. The van der Waals surface area contributed by atoms with Crippen LogP contribution in [0, 0.1) is 0 Å². The minimum absolute atomic E-state index is 0.0733. The number of hydrogen-bond acceptors (Lipinski definition) is 15. The molecule has 0 rings (SSSR count). The van der Waals surface area contributed by atoms with Crippen LogP contribution in [0.5, 0.6) is 0 Å². The number of phosphoric ester groups is 2. The summed E-state index contributed by atoms with van der Waals surface area (Å²) in [5, 5.41) is 10.6. The van der Waals surface area contributed by atoms with Gasteiger partial charge in [-0.2, -0.15) is 0 Å². The zero-order valence-electron chi connectivity index (χ0n) is 64.0. The summed E-state index contributed by atoms with van der Waals surface area (Å²) in [5.74, 6) is -2.23. The van der Waals surface area contributed by atoms with Gasteiger partial charge in [0.1, 0.15) is 19.3 Å². The quantitative estimate of drug-likeness (QED) is 0.0169. The Labute approximate surface area is 619 Å². The van der Waals surface area contributed by atoms with E-state index in [1.807, 2.05) is 0 Å². The second-order valence-electron chi connectivity index (χ2n) is 26.2. The van der Waals surface area contributed by atoms with E-state index in [1.165, 1.54) is 44.9 Å². The molecule has 0 heterocycles. The molecule has 0 aromatic heterocycles. The molecular weight excluding hydrogens is 1330 g/mol. The molecule has 0 saturated carbocycles. The van der Waals surface area contributed by atoms with Crippen molar-refractivity contribution >= 4 is 39.5 Å². The molecule has 5 unspecified atom stereocenters. The Hall–Kier alpha value is -4.54. The summed E-state index contributed by atoms with van der Waals surface area (Å²) in [7, 11) is -9.97. The van der Waals surface area contributed by atoms with Gasteiger partial charge in [-0.3, -0.25) is 37.3 Å². The molecule has 19 heteroatoms. The van der Waals surface area contributed by atoms with Crippen molar-refractivity contribution in [2.75, 3.05) is 39.6 Å². The number of aliphatic hydroxyl groups is 1. The van der Waals surface area contributed by atoms with Gasteiger partial charge in [-0.15, -0.1) is 0 Å². The standard InChI is InChI=1S/C83H142O17P2/c1-5-9-13-17-21-25-29-33-36-37-38-39-42-45-48-52-56-60-64-68-81(86)94-73-78(99-82(87)69-65-61-57-53-49-43-32-28-24-20-16-12-8-4)75-97-101(89,90)95-71-77(84)72-96-102(91,92)98-76-79(100-83(88)70-66-62-58-54-50-46-41-35-31-27-23-19-15-11-7-3)74-93-80(85)67-63-59-55-51-47-44-40-34-30-26-22-18-14-10-6-2/h9-10,13-14,21-23,25-28,32-36,38-41,77-79,84H,5-8,11-12,15-20,24,29-31,37,42-76H2,1-4H3,(H,89,90)(H,91,92)/b13-9-,14-10-,25-21-,26-22-,27-23-,32-28-,36-33-,39-38-,40-34-,41-35-. The van der Waals surface area contributed by atoms with Crippen LogP contribution in [0.25, 0.3) is 0 Å². The van der Waals surface area contributed by atoms with Crippen LogP contribution in [0.4, 0.5) is 0 Å². The predicted octanol–water partition coefficient (Wildman–Crippen LogP) is 23.1. The number of rotatable bonds is 74. The highest BCUT2D eigenvalue weighted by Gasteiger charge is 2.30. The van der Waals surface area contributed by atoms with Gasteiger partial charge in [0.25, 0.3) is 0 Å². The van der Waals surface area contributed by atoms with E-state index in [0.29, 0.717) is 25.7 Å². The van der Waals surface area contributed by atoms with E-state index in [0.717, 1.165) is 199 Å². The van der Waals surface area contributed by atoms with Gasteiger partial charge in [-0.25, -0.2) is 9.13 Å². The van der Waals surface area contributed by atoms with E-state index in [1.54, 1.807) is 0 Å². The van der Waals surface area contributed by atoms with Crippen molar-refractivity contribution in [3.63, 3.8) is 0 Å². The highest BCUT2D eigenvalue weighted by Crippen LogP contribution is 2.45. The van der Waals surface area contributed by atoms with Crippen LogP contribution in [-0.2, 0) is 65.4 Å². The molecule has 0 spiro atoms. The number of carbonyl (C=O) groups excluding carboxylic acids is 4. The number of carbonyl (C=O) groups is 4. The fourth-order valence-electron chi connectivity index (χ4n) is 10.4. The molecular formula is C83H142O17P2. The third-order valence-corrected chi connectivity index (χ3v) is 18.3. The summed E-state index contributed by atoms with van der Waals surface area (Å²) < 4.78 is 68.6. The Bertz CT molecular complexity index is 2410. The first-order valence-corrected chi connectivity index (χ1v) is 42.8. The molecule has 0 amide bonds. The number of phosphoric acid groups is 2. The van der Waals surface area contributed by atoms with Crippen molar-refractivity contribution < 1.29 is 80.2 Å². The number of ether oxygens (including phenoxy) is 4. The van der Waals surface area contributed by atoms with E-state index >= 15 is 0 Å². The van der Waals surface area contributed by atoms with Crippen LogP contribution in [0.2, 0.25) is 0 Å². The van der Waals surface area contributed by atoms with Crippen molar-refractivity contribution in [1.82, 2.24) is 0 Å². The first-order chi connectivity index (χ1) is 49.7. The number of allylic oxidation sites excluding steroid dienone is 20. The molecule has 0 aliphatic carbocycles. The summed E-state index contributed by atoms with van der Waals surface area (Å²) >= 11 is 0. The topological polar surface area (TPSA) is 237 Å². The summed E-state index contributed by atoms with van der Waals surface area (Å²) in [4.78, 5) is 73.0. The van der Waals surface area contributed by atoms with E-state index in [2.05, 4.69) is 149 Å². The molecule has 0 aliphatic rings. The number of esters is 4. The molecule has 102 heavy (non-hydrogen) atoms. The maximum absolute atomic E-state index is 13.1. The molecule has 17 nitrogen and oxygen atoms in total. The maximum Gasteiger partial charge on any atom is 0.472 e. The third kappa shape index (κ3) is 73.8. The Balaban J connectivity index is 5.37. The largest absolute Gasteiger partial charge is 0.472 e. The number of unbranched alkanes of at least 4 members (excludes halogenated alkanes) is 28. The van der Waals surface area contributed by atoms with Gasteiger partial charge in [0, 0.05) is 25.7 Å². The van der Waals surface area contributed by atoms with Crippen molar-refractivity contribution in [3.8, 4) is 0 Å². The Morgan fingerprint density at radius 2 is 0.510 bits per heavy atom. The lowest BCUT2D eigenvalue weighted by molar-refractivity contribution is -0.161. The van der Waals surface area contributed by atoms with Crippen LogP contribution < -0.4 is 0 Å². The third-order valence-electron chi connectivity index (χ3n) is 16.4. The minimum Gasteiger partial charge on any atom is -0.462 e. The fraction of sp³-hybridized carbons (Fsp3) is 0.711. The lowest BCUT2D eigenvalue weighted by atomic mass is 10.1. The molecule has 0 aromatic carbocycles. The van der Waals surface area contributed by atoms with Gasteiger partial charge < -0.3 is 33.8 Å². The molecule has 3 N–H and O–H groups in total. The van der Waals surface area contributed by atoms with Crippen LogP contribution >= 0.6 is 15.6 Å². The van der Waals surface area contributed by atoms with E-state index in [4.69, 9.17) is 37.0 Å². The first kappa shape index (κ1) is 97.5. The van der Waals surface area contributed by atoms with Gasteiger partial charge in [0.15, 0.2) is 12.2 Å². The number of hydrogen-bond donors (Lipinski definition) is 3. The van der Waals surface area contributed by atoms with Crippen LogP contribution in [0.3, 0.4) is 0 Å². The molecule has 0 fully saturated rings. The normalized spacial score (nSPS) is 14.5. The zero-order chi connectivity index (χ0) is 74.6. The van der Waals surface area contributed by atoms with Gasteiger partial charge in [-0.1, -0.05) is 265 Å². The van der Waals surface area contributed by atoms with Gasteiger partial charge in [0.05, 0.1) is 26.4 Å². The van der Waals surface area contributed by atoms with Crippen molar-refractivity contribution in [3.05, 3.63) is 122 Å². The second-order valence-corrected chi connectivity index (χ2v) is 29.1. The Kier molecular flexibility index (Phi) is 71.4. The highest BCUT2D eigenvalue weighted by atomic mass is 31.2. The predicted molar refractivity (Wildman–Crippen MR) is 418 cm³/mol. The monoisotopic (exact) mass is 1470 g/mol. The van der Waals surface area contributed by atoms with Crippen molar-refractivity contribution in [2.24, 2.45) is 0 Å². The summed E-state index contributed by atoms with van der Waals surface area (Å²) in [6.45, 7) is 4.57. The van der Waals surface area contributed by atoms with Gasteiger partial charge in [-0.05, 0) is 154 Å². The summed E-state index contributed by atoms with van der Waals surface area (Å²) in [5.41, 5.74) is 0. The first-order valence-electron chi connectivity index (χ1n) is 39.8.